The lowest BCUT2D eigenvalue weighted by molar-refractivity contribution is -0.139. The van der Waals surface area contributed by atoms with E-state index in [1.54, 1.807) is 13.0 Å². The predicted octanol–water partition coefficient (Wildman–Crippen LogP) is 4.88. The zero-order chi connectivity index (χ0) is 23.9. The molecule has 0 aliphatic carbocycles. The van der Waals surface area contributed by atoms with Crippen LogP contribution in [0.2, 0.25) is 0 Å². The molecule has 2 aromatic carbocycles. The van der Waals surface area contributed by atoms with Gasteiger partial charge in [0, 0.05) is 10.2 Å². The van der Waals surface area contributed by atoms with E-state index in [2.05, 4.69) is 21.2 Å². The average molecular weight is 513 g/mol. The molecule has 1 amide bonds. The van der Waals surface area contributed by atoms with E-state index < -0.39 is 30.2 Å². The van der Waals surface area contributed by atoms with Crippen LogP contribution in [0.15, 0.2) is 46.4 Å². The fraction of sp³-hybridized carbons (Fsp3) is 0.190. The van der Waals surface area contributed by atoms with Crippen LogP contribution in [0.3, 0.4) is 0 Å². The Bertz CT molecular complexity index is 1090. The van der Waals surface area contributed by atoms with E-state index in [-0.39, 0.29) is 29.4 Å². The van der Waals surface area contributed by atoms with Gasteiger partial charge >= 0.3 is 12.1 Å². The molecule has 2 aromatic rings. The fourth-order valence-electron chi connectivity index (χ4n) is 2.46. The lowest BCUT2D eigenvalue weighted by atomic mass is 10.1. The first-order valence-electron chi connectivity index (χ1n) is 8.96. The third-order valence-electron chi connectivity index (χ3n) is 3.83. The first-order chi connectivity index (χ1) is 15.0. The predicted molar refractivity (Wildman–Crippen MR) is 112 cm³/mol. The Morgan fingerprint density at radius 3 is 2.50 bits per heavy atom. The molecular weight excluding hydrogens is 497 g/mol. The number of nitrogens with one attached hydrogen (secondary N) is 1. The second-order valence-electron chi connectivity index (χ2n) is 6.14. The summed E-state index contributed by atoms with van der Waals surface area (Å²) < 4.78 is 49.5. The Morgan fingerprint density at radius 2 is 1.91 bits per heavy atom. The number of hydrogen-bond acceptors (Lipinski definition) is 5. The van der Waals surface area contributed by atoms with Crippen molar-refractivity contribution in [1.29, 1.82) is 5.26 Å². The van der Waals surface area contributed by atoms with Crippen molar-refractivity contribution in [2.24, 2.45) is 0 Å². The van der Waals surface area contributed by atoms with Gasteiger partial charge in [-0.2, -0.15) is 18.4 Å². The van der Waals surface area contributed by atoms with Crippen LogP contribution in [0, 0.1) is 11.3 Å². The molecule has 0 radical (unpaired) electrons. The van der Waals surface area contributed by atoms with Crippen molar-refractivity contribution in [1.82, 2.24) is 0 Å². The molecule has 0 unspecified atom stereocenters. The van der Waals surface area contributed by atoms with Crippen LogP contribution in [-0.2, 0) is 15.8 Å². The van der Waals surface area contributed by atoms with Crippen molar-refractivity contribution in [3.8, 4) is 17.6 Å². The molecule has 0 spiro atoms. The number of nitriles is 1. The van der Waals surface area contributed by atoms with E-state index in [0.717, 1.165) is 18.2 Å². The molecule has 0 fully saturated rings. The molecule has 0 atom stereocenters. The van der Waals surface area contributed by atoms with E-state index in [4.69, 9.17) is 14.6 Å². The first kappa shape index (κ1) is 24.7. The van der Waals surface area contributed by atoms with Crippen LogP contribution >= 0.6 is 15.9 Å². The number of carbonyl (C=O) groups excluding carboxylic acids is 1. The second-order valence-corrected chi connectivity index (χ2v) is 6.99. The highest BCUT2D eigenvalue weighted by Gasteiger charge is 2.30. The molecule has 0 saturated carbocycles. The van der Waals surface area contributed by atoms with E-state index >= 15 is 0 Å². The third kappa shape index (κ3) is 6.75. The van der Waals surface area contributed by atoms with Crippen LogP contribution < -0.4 is 14.8 Å². The minimum atomic E-state index is -4.58. The topological polar surface area (TPSA) is 109 Å². The molecule has 0 aliphatic heterocycles. The standard InChI is InChI=1S/C21H16BrF3N2O5/c1-2-31-17-7-12(16(22)9-18(17)32-11-19(28)29)6-13(10-26)20(30)27-15-5-3-4-14(8-15)21(23,24)25/h3-9H,2,11H2,1H3,(H,27,30)(H,28,29)/b13-6-. The number of alkyl halides is 3. The number of hydrogen-bond donors (Lipinski definition) is 2. The maximum atomic E-state index is 12.9. The smallest absolute Gasteiger partial charge is 0.416 e. The number of halogens is 4. The van der Waals surface area contributed by atoms with Gasteiger partial charge in [-0.15, -0.1) is 0 Å². The number of rotatable bonds is 8. The SMILES string of the molecule is CCOc1cc(/C=C(/C#N)C(=O)Nc2cccc(C(F)(F)F)c2)c(Br)cc1OCC(=O)O. The van der Waals surface area contributed by atoms with Crippen LogP contribution in [0.5, 0.6) is 11.5 Å². The number of anilines is 1. The van der Waals surface area contributed by atoms with Crippen LogP contribution in [0.4, 0.5) is 18.9 Å². The Morgan fingerprint density at radius 1 is 1.22 bits per heavy atom. The molecule has 0 saturated heterocycles. The van der Waals surface area contributed by atoms with E-state index in [1.807, 2.05) is 0 Å². The lowest BCUT2D eigenvalue weighted by Crippen LogP contribution is -2.14. The largest absolute Gasteiger partial charge is 0.490 e. The van der Waals surface area contributed by atoms with Gasteiger partial charge < -0.3 is 19.9 Å². The van der Waals surface area contributed by atoms with Crippen molar-refractivity contribution in [3.63, 3.8) is 0 Å². The number of nitrogens with zero attached hydrogens (tertiary/aromatic N) is 1. The normalized spacial score (nSPS) is 11.4. The maximum absolute atomic E-state index is 12.9. The van der Waals surface area contributed by atoms with E-state index in [0.29, 0.717) is 10.0 Å². The molecule has 0 bridgehead atoms. The van der Waals surface area contributed by atoms with Gasteiger partial charge in [0.1, 0.15) is 11.6 Å². The van der Waals surface area contributed by atoms with Gasteiger partial charge in [0.2, 0.25) is 0 Å². The van der Waals surface area contributed by atoms with Crippen LogP contribution in [-0.4, -0.2) is 30.2 Å². The molecule has 0 heterocycles. The van der Waals surface area contributed by atoms with Crippen molar-refractivity contribution in [2.45, 2.75) is 13.1 Å². The quantitative estimate of drug-likeness (QED) is 0.385. The Hall–Kier alpha value is -3.52. The van der Waals surface area contributed by atoms with Gasteiger partial charge in [0.15, 0.2) is 18.1 Å². The highest BCUT2D eigenvalue weighted by Crippen LogP contribution is 2.35. The molecule has 0 aliphatic rings. The van der Waals surface area contributed by atoms with Crippen molar-refractivity contribution in [3.05, 3.63) is 57.6 Å². The number of benzene rings is 2. The summed E-state index contributed by atoms with van der Waals surface area (Å²) in [6.07, 6.45) is -3.38. The lowest BCUT2D eigenvalue weighted by Gasteiger charge is -2.13. The van der Waals surface area contributed by atoms with E-state index in [1.165, 1.54) is 24.3 Å². The summed E-state index contributed by atoms with van der Waals surface area (Å²) in [4.78, 5) is 23.2. The number of aliphatic carboxylic acids is 1. The number of carboxylic acids is 1. The number of carboxylic acid groups (broad SMARTS) is 1. The molecule has 168 valence electrons. The van der Waals surface area contributed by atoms with Gasteiger partial charge in [-0.1, -0.05) is 22.0 Å². The minimum Gasteiger partial charge on any atom is -0.490 e. The maximum Gasteiger partial charge on any atom is 0.416 e. The fourth-order valence-corrected chi connectivity index (χ4v) is 2.89. The molecule has 2 N–H and O–H groups in total. The Balaban J connectivity index is 2.34. The Kier molecular flexibility index (Phi) is 8.26. The van der Waals surface area contributed by atoms with Crippen molar-refractivity contribution in [2.75, 3.05) is 18.5 Å². The molecule has 2 rings (SSSR count). The summed E-state index contributed by atoms with van der Waals surface area (Å²) in [5, 5.41) is 20.4. The minimum absolute atomic E-state index is 0.127. The number of carbonyl (C=O) groups is 2. The monoisotopic (exact) mass is 512 g/mol. The van der Waals surface area contributed by atoms with Crippen LogP contribution in [0.1, 0.15) is 18.1 Å². The molecule has 32 heavy (non-hydrogen) atoms. The van der Waals surface area contributed by atoms with E-state index in [9.17, 15) is 28.0 Å². The summed E-state index contributed by atoms with van der Waals surface area (Å²) in [6.45, 7) is 1.32. The summed E-state index contributed by atoms with van der Waals surface area (Å²) in [5.74, 6) is -1.79. The average Bonchev–Trinajstić information content (AvgIpc) is 2.72. The van der Waals surface area contributed by atoms with Gasteiger partial charge in [-0.05, 0) is 48.9 Å². The molecule has 7 nitrogen and oxygen atoms in total. The zero-order valence-electron chi connectivity index (χ0n) is 16.5. The first-order valence-corrected chi connectivity index (χ1v) is 9.75. The van der Waals surface area contributed by atoms with Crippen molar-refractivity contribution >= 4 is 39.6 Å². The zero-order valence-corrected chi connectivity index (χ0v) is 18.1. The summed E-state index contributed by atoms with van der Waals surface area (Å²) >= 11 is 3.25. The third-order valence-corrected chi connectivity index (χ3v) is 4.51. The Labute approximate surface area is 189 Å². The summed E-state index contributed by atoms with van der Waals surface area (Å²) in [7, 11) is 0. The van der Waals surface area contributed by atoms with Gasteiger partial charge in [-0.3, -0.25) is 4.79 Å². The molecular formula is C21H16BrF3N2O5. The van der Waals surface area contributed by atoms with Crippen LogP contribution in [0.25, 0.3) is 6.08 Å². The van der Waals surface area contributed by atoms with Gasteiger partial charge in [0.25, 0.3) is 5.91 Å². The van der Waals surface area contributed by atoms with Gasteiger partial charge in [-0.25, -0.2) is 4.79 Å². The number of amides is 1. The highest BCUT2D eigenvalue weighted by molar-refractivity contribution is 9.10. The summed E-state index contributed by atoms with van der Waals surface area (Å²) in [5.41, 5.74) is -1.13. The highest BCUT2D eigenvalue weighted by atomic mass is 79.9. The van der Waals surface area contributed by atoms with Gasteiger partial charge in [0.05, 0.1) is 12.2 Å². The second kappa shape index (κ2) is 10.7. The number of ether oxygens (including phenoxy) is 2. The molecule has 0 aromatic heterocycles. The summed E-state index contributed by atoms with van der Waals surface area (Å²) in [6, 6.07) is 8.56. The van der Waals surface area contributed by atoms with Crippen molar-refractivity contribution < 1.29 is 37.3 Å². The molecule has 11 heteroatoms.